The molecule has 2 N–H and O–H groups in total. The number of sulfonamides is 1. The number of hydrogen-bond acceptors (Lipinski definition) is 8. The van der Waals surface area contributed by atoms with Crippen LogP contribution >= 0.6 is 0 Å². The molecule has 0 saturated carbocycles. The Bertz CT molecular complexity index is 1390. The summed E-state index contributed by atoms with van der Waals surface area (Å²) in [5.41, 5.74) is 3.13. The number of carbonyl (C=O) groups excluding carboxylic acids is 1. The zero-order valence-corrected chi connectivity index (χ0v) is 25.5. The van der Waals surface area contributed by atoms with Crippen LogP contribution in [0.15, 0.2) is 36.4 Å². The van der Waals surface area contributed by atoms with Gasteiger partial charge < -0.3 is 24.6 Å². The first kappa shape index (κ1) is 31.7. The lowest BCUT2D eigenvalue weighted by molar-refractivity contribution is -0.141. The molecule has 2 aromatic rings. The van der Waals surface area contributed by atoms with Crippen molar-refractivity contribution in [3.05, 3.63) is 47.5 Å². The molecule has 0 aliphatic carbocycles. The Kier molecular flexibility index (Phi) is 9.49. The van der Waals surface area contributed by atoms with Gasteiger partial charge in [0.25, 0.3) is 0 Å². The van der Waals surface area contributed by atoms with Crippen molar-refractivity contribution in [2.24, 2.45) is 0 Å². The molecular formula is C30H41N3O8S. The van der Waals surface area contributed by atoms with Crippen LogP contribution in [0, 0.1) is 6.92 Å². The zero-order chi connectivity index (χ0) is 30.7. The quantitative estimate of drug-likeness (QED) is 0.460. The first-order chi connectivity index (χ1) is 19.8. The highest BCUT2D eigenvalue weighted by molar-refractivity contribution is 7.91. The Balaban J connectivity index is 1.42. The molecule has 230 valence electrons. The van der Waals surface area contributed by atoms with E-state index in [4.69, 9.17) is 14.6 Å². The van der Waals surface area contributed by atoms with Gasteiger partial charge in [-0.15, -0.1) is 0 Å². The molecular weight excluding hydrogens is 562 g/mol. The number of aliphatic hydroxyl groups is 1. The lowest BCUT2D eigenvalue weighted by Gasteiger charge is -2.42. The van der Waals surface area contributed by atoms with Gasteiger partial charge in [0, 0.05) is 37.8 Å². The second-order valence-corrected chi connectivity index (χ2v) is 14.2. The minimum absolute atomic E-state index is 0.00609. The Hall–Kier alpha value is -3.22. The fourth-order valence-electron chi connectivity index (χ4n) is 5.66. The van der Waals surface area contributed by atoms with E-state index in [1.54, 1.807) is 26.8 Å². The van der Waals surface area contributed by atoms with Gasteiger partial charge in [0.2, 0.25) is 15.9 Å². The molecule has 1 aromatic heterocycles. The molecule has 2 aliphatic heterocycles. The van der Waals surface area contributed by atoms with E-state index in [9.17, 15) is 23.1 Å². The number of carbonyl (C=O) groups is 2. The summed E-state index contributed by atoms with van der Waals surface area (Å²) in [6, 6.07) is 11.6. The number of aliphatic carboxylic acids is 1. The molecule has 2 aliphatic rings. The second kappa shape index (κ2) is 12.6. The number of piperidine rings is 2. The number of aromatic nitrogens is 1. The first-order valence-electron chi connectivity index (χ1n) is 14.3. The summed E-state index contributed by atoms with van der Waals surface area (Å²) in [4.78, 5) is 30.8. The first-order valence-corrected chi connectivity index (χ1v) is 15.7. The van der Waals surface area contributed by atoms with Crippen molar-refractivity contribution in [3.63, 3.8) is 0 Å². The highest BCUT2D eigenvalue weighted by Crippen LogP contribution is 2.38. The number of amides is 1. The van der Waals surface area contributed by atoms with Crippen molar-refractivity contribution < 1.29 is 37.7 Å². The predicted molar refractivity (Wildman–Crippen MR) is 157 cm³/mol. The summed E-state index contributed by atoms with van der Waals surface area (Å²) in [5.74, 6) is -0.807. The highest BCUT2D eigenvalue weighted by Gasteiger charge is 2.56. The fourth-order valence-corrected chi connectivity index (χ4v) is 7.76. The predicted octanol–water partition coefficient (Wildman–Crippen LogP) is 3.79. The summed E-state index contributed by atoms with van der Waals surface area (Å²) < 4.78 is 37.7. The lowest BCUT2D eigenvalue weighted by Crippen LogP contribution is -2.60. The summed E-state index contributed by atoms with van der Waals surface area (Å²) in [6.45, 7) is 7.75. The van der Waals surface area contributed by atoms with Crippen LogP contribution in [0.1, 0.15) is 63.5 Å². The van der Waals surface area contributed by atoms with Crippen LogP contribution in [0.25, 0.3) is 11.3 Å². The number of carboxylic acid groups (broad SMARTS) is 1. The fraction of sp³-hybridized carbons (Fsp3) is 0.567. The Morgan fingerprint density at radius 3 is 2.31 bits per heavy atom. The van der Waals surface area contributed by atoms with Gasteiger partial charge >= 0.3 is 12.1 Å². The third-order valence-corrected chi connectivity index (χ3v) is 10.6. The van der Waals surface area contributed by atoms with Gasteiger partial charge in [-0.3, -0.25) is 4.79 Å². The maximum Gasteiger partial charge on any atom is 0.410 e. The van der Waals surface area contributed by atoms with E-state index in [0.29, 0.717) is 18.7 Å². The van der Waals surface area contributed by atoms with Crippen molar-refractivity contribution in [2.75, 3.05) is 39.4 Å². The van der Waals surface area contributed by atoms with Crippen LogP contribution < -0.4 is 4.74 Å². The van der Waals surface area contributed by atoms with E-state index in [2.05, 4.69) is 11.1 Å². The van der Waals surface area contributed by atoms with Crippen LogP contribution in [0.4, 0.5) is 4.79 Å². The number of hydrogen-bond donors (Lipinski definition) is 2. The normalized spacial score (nSPS) is 18.5. The number of carboxylic acids is 1. The Labute approximate surface area is 247 Å². The third-order valence-electron chi connectivity index (χ3n) is 7.96. The number of aryl methyl sites for hydroxylation is 1. The topological polar surface area (TPSA) is 147 Å². The number of aliphatic hydroxyl groups excluding tert-OH is 1. The molecule has 0 radical (unpaired) electrons. The molecule has 0 spiro atoms. The SMILES string of the molecule is Cc1cc(C2CCN(S(=O)(=O)C3(C(=O)O)CCN(C(=O)OC(C)(C)C)CC3)CC2)ccc1-c1cccc(OCCO)n1. The van der Waals surface area contributed by atoms with E-state index in [1.165, 1.54) is 9.21 Å². The number of benzene rings is 1. The van der Waals surface area contributed by atoms with Crippen LogP contribution in [-0.4, -0.2) is 94.6 Å². The molecule has 3 heterocycles. The van der Waals surface area contributed by atoms with Gasteiger partial charge in [0.05, 0.1) is 12.3 Å². The summed E-state index contributed by atoms with van der Waals surface area (Å²) in [6.07, 6.45) is 0.191. The van der Waals surface area contributed by atoms with Crippen LogP contribution in [0.3, 0.4) is 0 Å². The molecule has 0 atom stereocenters. The van der Waals surface area contributed by atoms with Crippen molar-refractivity contribution in [3.8, 4) is 17.1 Å². The van der Waals surface area contributed by atoms with Gasteiger partial charge in [0.1, 0.15) is 12.2 Å². The summed E-state index contributed by atoms with van der Waals surface area (Å²) in [7, 11) is -4.18. The largest absolute Gasteiger partial charge is 0.480 e. The average molecular weight is 604 g/mol. The average Bonchev–Trinajstić information content (AvgIpc) is 2.95. The van der Waals surface area contributed by atoms with E-state index in [0.717, 1.165) is 22.4 Å². The van der Waals surface area contributed by atoms with Gasteiger partial charge in [-0.1, -0.05) is 24.3 Å². The Morgan fingerprint density at radius 1 is 1.07 bits per heavy atom. The number of rotatable bonds is 8. The van der Waals surface area contributed by atoms with Crippen molar-refractivity contribution >= 4 is 22.1 Å². The molecule has 11 nitrogen and oxygen atoms in total. The molecule has 2 saturated heterocycles. The molecule has 4 rings (SSSR count). The van der Waals surface area contributed by atoms with Crippen LogP contribution in [0.2, 0.25) is 0 Å². The number of likely N-dealkylation sites (tertiary alicyclic amines) is 1. The van der Waals surface area contributed by atoms with E-state index >= 15 is 0 Å². The Morgan fingerprint density at radius 2 is 1.74 bits per heavy atom. The van der Waals surface area contributed by atoms with E-state index < -0.39 is 32.4 Å². The maximum atomic E-state index is 13.8. The molecule has 1 amide bonds. The minimum Gasteiger partial charge on any atom is -0.480 e. The molecule has 12 heteroatoms. The van der Waals surface area contributed by atoms with E-state index in [-0.39, 0.29) is 58.2 Å². The molecule has 1 aromatic carbocycles. The van der Waals surface area contributed by atoms with Crippen molar-refractivity contribution in [1.82, 2.24) is 14.2 Å². The number of pyridine rings is 1. The summed E-state index contributed by atoms with van der Waals surface area (Å²) >= 11 is 0. The maximum absolute atomic E-state index is 13.8. The molecule has 2 fully saturated rings. The van der Waals surface area contributed by atoms with Gasteiger partial charge in [-0.25, -0.2) is 22.5 Å². The lowest BCUT2D eigenvalue weighted by atomic mass is 9.88. The number of nitrogens with zero attached hydrogens (tertiary/aromatic N) is 3. The monoisotopic (exact) mass is 603 g/mol. The minimum atomic E-state index is -4.18. The second-order valence-electron chi connectivity index (χ2n) is 12.0. The highest BCUT2D eigenvalue weighted by atomic mass is 32.2. The van der Waals surface area contributed by atoms with Crippen LogP contribution in [-0.2, 0) is 19.6 Å². The molecule has 0 bridgehead atoms. The molecule has 42 heavy (non-hydrogen) atoms. The standard InChI is InChI=1S/C30H41N3O8S/c1-21-20-23(8-9-24(21)25-6-5-7-26(31-25)40-19-18-34)22-10-14-33(15-11-22)42(38,39)30(27(35)36)12-16-32(17-13-30)28(37)41-29(2,3)4/h5-9,20,22,34H,10-19H2,1-4H3,(H,35,36). The summed E-state index contributed by atoms with van der Waals surface area (Å²) in [5, 5.41) is 19.1. The molecule has 0 unspecified atom stereocenters. The van der Waals surface area contributed by atoms with Crippen molar-refractivity contribution in [2.45, 2.75) is 69.6 Å². The van der Waals surface area contributed by atoms with Crippen LogP contribution in [0.5, 0.6) is 5.88 Å². The van der Waals surface area contributed by atoms with Crippen molar-refractivity contribution in [1.29, 1.82) is 0 Å². The van der Waals surface area contributed by atoms with Gasteiger partial charge in [-0.2, -0.15) is 0 Å². The smallest absolute Gasteiger partial charge is 0.410 e. The third kappa shape index (κ3) is 6.71. The van der Waals surface area contributed by atoms with Gasteiger partial charge in [0.15, 0.2) is 4.75 Å². The number of ether oxygens (including phenoxy) is 2. The van der Waals surface area contributed by atoms with Gasteiger partial charge in [-0.05, 0) is 76.5 Å². The van der Waals surface area contributed by atoms with E-state index in [1.807, 2.05) is 31.2 Å². The zero-order valence-electron chi connectivity index (χ0n) is 24.7.